The van der Waals surface area contributed by atoms with Crippen LogP contribution in [0.4, 0.5) is 0 Å². The summed E-state index contributed by atoms with van der Waals surface area (Å²) in [4.78, 5) is 7.71. The number of aromatic nitrogens is 1. The van der Waals surface area contributed by atoms with Crippen molar-refractivity contribution in [2.75, 3.05) is 13.1 Å². The van der Waals surface area contributed by atoms with Crippen LogP contribution in [0.2, 0.25) is 0 Å². The normalized spacial score (nSPS) is 15.4. The SMILES string of the molecule is S=C(c1ccc(-c2nc3ccccc3s2)o1)N1CCCCC1. The largest absolute Gasteiger partial charge is 0.451 e. The molecule has 3 nitrogen and oxygen atoms in total. The zero-order valence-electron chi connectivity index (χ0n) is 12.1. The average Bonchev–Trinajstić information content (AvgIpc) is 3.21. The molecule has 1 aliphatic heterocycles. The number of likely N-dealkylation sites (tertiary alicyclic amines) is 1. The van der Waals surface area contributed by atoms with E-state index >= 15 is 0 Å². The second-order valence-corrected chi connectivity index (χ2v) is 6.92. The van der Waals surface area contributed by atoms with E-state index in [1.807, 2.05) is 30.3 Å². The van der Waals surface area contributed by atoms with Crippen LogP contribution in [0.5, 0.6) is 0 Å². The van der Waals surface area contributed by atoms with Gasteiger partial charge in [-0.1, -0.05) is 24.4 Å². The van der Waals surface area contributed by atoms with Crippen LogP contribution in [0.15, 0.2) is 40.8 Å². The smallest absolute Gasteiger partial charge is 0.163 e. The molecule has 3 aromatic rings. The summed E-state index contributed by atoms with van der Waals surface area (Å²) in [6.07, 6.45) is 3.73. The summed E-state index contributed by atoms with van der Waals surface area (Å²) >= 11 is 7.23. The van der Waals surface area contributed by atoms with Crippen LogP contribution in [-0.4, -0.2) is 28.0 Å². The lowest BCUT2D eigenvalue weighted by atomic mass is 10.1. The number of rotatable bonds is 2. The van der Waals surface area contributed by atoms with Crippen LogP contribution in [0.3, 0.4) is 0 Å². The highest BCUT2D eigenvalue weighted by Crippen LogP contribution is 2.31. The van der Waals surface area contributed by atoms with Gasteiger partial charge in [0.25, 0.3) is 0 Å². The van der Waals surface area contributed by atoms with Crippen molar-refractivity contribution in [3.63, 3.8) is 0 Å². The van der Waals surface area contributed by atoms with Gasteiger partial charge in [0.1, 0.15) is 4.99 Å². The number of fused-ring (bicyclic) bond motifs is 1. The molecule has 2 aromatic heterocycles. The van der Waals surface area contributed by atoms with Crippen LogP contribution in [-0.2, 0) is 0 Å². The maximum absolute atomic E-state index is 5.98. The lowest BCUT2D eigenvalue weighted by Gasteiger charge is -2.27. The molecule has 0 amide bonds. The van der Waals surface area contributed by atoms with E-state index in [2.05, 4.69) is 16.0 Å². The Morgan fingerprint density at radius 2 is 1.91 bits per heavy atom. The van der Waals surface area contributed by atoms with Crippen molar-refractivity contribution < 1.29 is 4.42 Å². The van der Waals surface area contributed by atoms with Gasteiger partial charge in [0.2, 0.25) is 0 Å². The van der Waals surface area contributed by atoms with Crippen molar-refractivity contribution in [3.05, 3.63) is 42.2 Å². The topological polar surface area (TPSA) is 29.3 Å². The summed E-state index contributed by atoms with van der Waals surface area (Å²) in [7, 11) is 0. The summed E-state index contributed by atoms with van der Waals surface area (Å²) in [5, 5.41) is 0.911. The molecule has 0 bridgehead atoms. The first-order valence-corrected chi connectivity index (χ1v) is 8.79. The molecule has 1 aromatic carbocycles. The lowest BCUT2D eigenvalue weighted by Crippen LogP contribution is -2.34. The number of hydrogen-bond acceptors (Lipinski definition) is 4. The molecule has 1 fully saturated rings. The van der Waals surface area contributed by atoms with Crippen LogP contribution in [0.1, 0.15) is 25.0 Å². The lowest BCUT2D eigenvalue weighted by molar-refractivity contribution is 0.342. The Morgan fingerprint density at radius 3 is 2.73 bits per heavy atom. The number of furan rings is 1. The summed E-state index contributed by atoms with van der Waals surface area (Å²) in [6.45, 7) is 2.08. The maximum Gasteiger partial charge on any atom is 0.163 e. The van der Waals surface area contributed by atoms with Crippen LogP contribution in [0, 0.1) is 0 Å². The molecule has 0 radical (unpaired) electrons. The van der Waals surface area contributed by atoms with E-state index in [1.54, 1.807) is 11.3 Å². The van der Waals surface area contributed by atoms with Crippen molar-refractivity contribution in [1.29, 1.82) is 0 Å². The number of para-hydroxylation sites is 1. The Balaban J connectivity index is 1.61. The fourth-order valence-electron chi connectivity index (χ4n) is 2.80. The van der Waals surface area contributed by atoms with Gasteiger partial charge in [-0.05, 0) is 43.5 Å². The van der Waals surface area contributed by atoms with Gasteiger partial charge >= 0.3 is 0 Å². The van der Waals surface area contributed by atoms with E-state index in [4.69, 9.17) is 16.6 Å². The van der Waals surface area contributed by atoms with E-state index in [0.29, 0.717) is 0 Å². The predicted octanol–water partition coefficient (Wildman–Crippen LogP) is 4.72. The zero-order valence-corrected chi connectivity index (χ0v) is 13.8. The average molecular weight is 328 g/mol. The van der Waals surface area contributed by atoms with Gasteiger partial charge in [-0.25, -0.2) is 4.98 Å². The summed E-state index contributed by atoms with van der Waals surface area (Å²) in [6, 6.07) is 12.1. The quantitative estimate of drug-likeness (QED) is 0.637. The molecule has 0 N–H and O–H groups in total. The molecule has 3 heterocycles. The third-order valence-corrected chi connectivity index (χ3v) is 5.48. The summed E-state index contributed by atoms with van der Waals surface area (Å²) in [5.41, 5.74) is 1.01. The second-order valence-electron chi connectivity index (χ2n) is 5.50. The molecular formula is C17H16N2OS2. The molecule has 0 aliphatic carbocycles. The van der Waals surface area contributed by atoms with E-state index < -0.39 is 0 Å². The number of thiazole rings is 1. The Bertz CT molecular complexity index is 782. The molecule has 1 aliphatic rings. The Hall–Kier alpha value is -1.72. The second kappa shape index (κ2) is 5.82. The van der Waals surface area contributed by atoms with Crippen LogP contribution >= 0.6 is 23.6 Å². The molecule has 4 rings (SSSR count). The number of nitrogens with zero attached hydrogens (tertiary/aromatic N) is 2. The predicted molar refractivity (Wildman–Crippen MR) is 94.4 cm³/mol. The van der Waals surface area contributed by atoms with Gasteiger partial charge in [-0.15, -0.1) is 11.3 Å². The van der Waals surface area contributed by atoms with Gasteiger partial charge in [-0.2, -0.15) is 0 Å². The molecule has 0 spiro atoms. The van der Waals surface area contributed by atoms with Crippen molar-refractivity contribution in [1.82, 2.24) is 9.88 Å². The Kier molecular flexibility index (Phi) is 3.68. The fraction of sp³-hybridized carbons (Fsp3) is 0.294. The third-order valence-electron chi connectivity index (χ3n) is 3.96. The Labute approximate surface area is 138 Å². The highest BCUT2D eigenvalue weighted by molar-refractivity contribution is 7.80. The third kappa shape index (κ3) is 2.55. The van der Waals surface area contributed by atoms with Crippen molar-refractivity contribution >= 4 is 38.8 Å². The van der Waals surface area contributed by atoms with Crippen LogP contribution < -0.4 is 0 Å². The number of benzene rings is 1. The number of thiocarbonyl (C=S) groups is 1. The molecule has 5 heteroatoms. The van der Waals surface area contributed by atoms with Gasteiger partial charge < -0.3 is 9.32 Å². The monoisotopic (exact) mass is 328 g/mol. The first-order valence-electron chi connectivity index (χ1n) is 7.56. The van der Waals surface area contributed by atoms with E-state index in [9.17, 15) is 0 Å². The minimum absolute atomic E-state index is 0.783. The molecule has 112 valence electrons. The minimum Gasteiger partial charge on any atom is -0.451 e. The van der Waals surface area contributed by atoms with Gasteiger partial charge in [0.05, 0.1) is 10.2 Å². The maximum atomic E-state index is 5.98. The molecule has 22 heavy (non-hydrogen) atoms. The van der Waals surface area contributed by atoms with E-state index in [1.165, 1.54) is 24.0 Å². The fourth-order valence-corrected chi connectivity index (χ4v) is 4.02. The number of piperidine rings is 1. The van der Waals surface area contributed by atoms with E-state index in [-0.39, 0.29) is 0 Å². The van der Waals surface area contributed by atoms with Gasteiger partial charge in [-0.3, -0.25) is 0 Å². The molecule has 0 unspecified atom stereocenters. The van der Waals surface area contributed by atoms with E-state index in [0.717, 1.165) is 40.1 Å². The first kappa shape index (κ1) is 13.9. The van der Waals surface area contributed by atoms with Crippen molar-refractivity contribution in [2.24, 2.45) is 0 Å². The molecule has 0 saturated carbocycles. The number of hydrogen-bond donors (Lipinski definition) is 0. The van der Waals surface area contributed by atoms with Gasteiger partial charge in [0.15, 0.2) is 16.5 Å². The highest BCUT2D eigenvalue weighted by Gasteiger charge is 2.18. The minimum atomic E-state index is 0.783. The molecular weight excluding hydrogens is 312 g/mol. The zero-order chi connectivity index (χ0) is 14.9. The summed E-state index contributed by atoms with van der Waals surface area (Å²) < 4.78 is 7.15. The van der Waals surface area contributed by atoms with Gasteiger partial charge in [0, 0.05) is 13.1 Å². The van der Waals surface area contributed by atoms with Crippen molar-refractivity contribution in [3.8, 4) is 10.8 Å². The summed E-state index contributed by atoms with van der Waals surface area (Å²) in [5.74, 6) is 1.58. The first-order chi connectivity index (χ1) is 10.8. The molecule has 1 saturated heterocycles. The molecule has 0 atom stereocenters. The highest BCUT2D eigenvalue weighted by atomic mass is 32.1. The van der Waals surface area contributed by atoms with Crippen LogP contribution in [0.25, 0.3) is 21.0 Å². The Morgan fingerprint density at radius 1 is 1.09 bits per heavy atom. The standard InChI is InChI=1S/C17H16N2OS2/c21-17(19-10-4-1-5-11-19)14-9-8-13(20-14)16-18-12-6-2-3-7-15(12)22-16/h2-3,6-9H,1,4-5,10-11H2. The van der Waals surface area contributed by atoms with Crippen molar-refractivity contribution in [2.45, 2.75) is 19.3 Å².